The minimum Gasteiger partial charge on any atom is -0.392 e. The third-order valence-corrected chi connectivity index (χ3v) is 7.80. The molecule has 168 valence electrons. The maximum Gasteiger partial charge on any atom is 0.269 e. The number of carbonyl (C=O) groups is 2. The number of thiol groups is 1. The van der Waals surface area contributed by atoms with E-state index in [1.165, 1.54) is 28.8 Å². The number of aromatic nitrogens is 1. The number of hydrogen-bond donors (Lipinski definition) is 2. The van der Waals surface area contributed by atoms with E-state index in [2.05, 4.69) is 12.6 Å². The van der Waals surface area contributed by atoms with Crippen molar-refractivity contribution in [2.45, 2.75) is 43.7 Å². The van der Waals surface area contributed by atoms with E-state index < -0.39 is 26.9 Å². The first-order valence-corrected chi connectivity index (χ1v) is 11.6. The van der Waals surface area contributed by atoms with Gasteiger partial charge in [-0.25, -0.2) is 0 Å². The Labute approximate surface area is 194 Å². The number of allylic oxidation sites excluding steroid dienone is 1. The minimum atomic E-state index is -0.859. The van der Waals surface area contributed by atoms with Crippen LogP contribution in [-0.2, 0) is 22.6 Å². The van der Waals surface area contributed by atoms with Crippen LogP contribution in [0.3, 0.4) is 0 Å². The van der Waals surface area contributed by atoms with Crippen molar-refractivity contribution < 1.29 is 19.6 Å². The highest BCUT2D eigenvalue weighted by Gasteiger charge is 2.68. The molecule has 10 heteroatoms. The van der Waals surface area contributed by atoms with Crippen LogP contribution in [0, 0.1) is 16.0 Å². The standard InChI is InChI=1S/C22H23N3O5S2/c1-2-16(26)18-20(27)24-19(21(28)31)17(9-12-23-10-3-4-11-23)32-22(18,24)13-14-5-7-15(8-6-14)25(29)30/h3-8,10-11,16,18,26H,2,9,12-13H2,1H3,(H,28,31)/t16-,18+,22+/m0/s1. The second kappa shape index (κ2) is 8.76. The van der Waals surface area contributed by atoms with Gasteiger partial charge in [0.25, 0.3) is 5.69 Å². The number of β-lactam (4-membered cyclic amide) rings is 1. The van der Waals surface area contributed by atoms with Crippen LogP contribution < -0.4 is 0 Å². The summed E-state index contributed by atoms with van der Waals surface area (Å²) in [5, 5.41) is 21.2. The average molecular weight is 474 g/mol. The SMILES string of the molecule is CC[C@H](O)[C@@H]1C(=O)N2C(C(=O)S)=C(CCn3cccc3)S[C@]12Cc1ccc([N+](=O)[O-])cc1. The van der Waals surface area contributed by atoms with Crippen molar-refractivity contribution in [2.24, 2.45) is 5.92 Å². The Hall–Kier alpha value is -2.56. The molecule has 32 heavy (non-hydrogen) atoms. The zero-order chi connectivity index (χ0) is 23.0. The first-order chi connectivity index (χ1) is 15.3. The van der Waals surface area contributed by atoms with Gasteiger partial charge in [0.05, 0.1) is 16.9 Å². The first-order valence-electron chi connectivity index (χ1n) is 10.3. The Kier molecular flexibility index (Phi) is 6.19. The Balaban J connectivity index is 1.68. The van der Waals surface area contributed by atoms with Crippen LogP contribution in [0.15, 0.2) is 59.4 Å². The predicted octanol–water partition coefficient (Wildman–Crippen LogP) is 3.37. The molecule has 1 fully saturated rings. The second-order valence-electron chi connectivity index (χ2n) is 7.92. The number of non-ortho nitro benzene ring substituents is 1. The van der Waals surface area contributed by atoms with Crippen LogP contribution in [0.2, 0.25) is 0 Å². The molecule has 1 aromatic heterocycles. The lowest BCUT2D eigenvalue weighted by Crippen LogP contribution is -2.71. The van der Waals surface area contributed by atoms with Gasteiger partial charge in [-0.3, -0.25) is 24.6 Å². The van der Waals surface area contributed by atoms with Gasteiger partial charge in [0.1, 0.15) is 10.6 Å². The molecule has 0 spiro atoms. The van der Waals surface area contributed by atoms with Gasteiger partial charge >= 0.3 is 0 Å². The summed E-state index contributed by atoms with van der Waals surface area (Å²) >= 11 is 5.49. The highest BCUT2D eigenvalue weighted by Crippen LogP contribution is 2.61. The molecule has 2 aliphatic rings. The van der Waals surface area contributed by atoms with E-state index >= 15 is 0 Å². The number of thioether (sulfide) groups is 1. The van der Waals surface area contributed by atoms with Crippen LogP contribution in [0.5, 0.6) is 0 Å². The first kappa shape index (κ1) is 22.6. The quantitative estimate of drug-likeness (QED) is 0.250. The Morgan fingerprint density at radius 3 is 2.53 bits per heavy atom. The molecule has 0 radical (unpaired) electrons. The van der Waals surface area contributed by atoms with E-state index in [4.69, 9.17) is 0 Å². The van der Waals surface area contributed by atoms with E-state index in [1.807, 2.05) is 36.0 Å². The molecule has 2 aromatic rings. The highest BCUT2D eigenvalue weighted by atomic mass is 32.2. The summed E-state index contributed by atoms with van der Waals surface area (Å²) < 4.78 is 1.99. The molecule has 3 atom stereocenters. The monoisotopic (exact) mass is 473 g/mol. The molecule has 1 aromatic carbocycles. The fraction of sp³-hybridized carbons (Fsp3) is 0.364. The molecular formula is C22H23N3O5S2. The lowest BCUT2D eigenvalue weighted by Gasteiger charge is -2.55. The van der Waals surface area contributed by atoms with Gasteiger partial charge in [-0.2, -0.15) is 0 Å². The molecule has 4 rings (SSSR count). The third-order valence-electron chi connectivity index (χ3n) is 6.01. The summed E-state index contributed by atoms with van der Waals surface area (Å²) in [5.74, 6) is -0.971. The lowest BCUT2D eigenvalue weighted by atomic mass is 9.77. The molecular weight excluding hydrogens is 450 g/mol. The molecule has 1 saturated heterocycles. The molecule has 0 unspecified atom stereocenters. The Morgan fingerprint density at radius 2 is 1.97 bits per heavy atom. The maximum absolute atomic E-state index is 13.1. The topological polar surface area (TPSA) is 106 Å². The van der Waals surface area contributed by atoms with Gasteiger partial charge < -0.3 is 9.67 Å². The molecule has 1 amide bonds. The minimum absolute atomic E-state index is 0.0197. The smallest absolute Gasteiger partial charge is 0.269 e. The van der Waals surface area contributed by atoms with Gasteiger partial charge in [-0.15, -0.1) is 0 Å². The molecule has 2 aliphatic heterocycles. The van der Waals surface area contributed by atoms with E-state index in [0.717, 1.165) is 10.5 Å². The number of fused-ring (bicyclic) bond motifs is 1. The van der Waals surface area contributed by atoms with Crippen molar-refractivity contribution in [3.05, 3.63) is 75.1 Å². The number of hydrogen-bond acceptors (Lipinski definition) is 6. The summed E-state index contributed by atoms with van der Waals surface area (Å²) in [5.41, 5.74) is 1.04. The van der Waals surface area contributed by atoms with Crippen molar-refractivity contribution in [2.75, 3.05) is 0 Å². The molecule has 0 bridgehead atoms. The Morgan fingerprint density at radius 1 is 1.31 bits per heavy atom. The fourth-order valence-electron chi connectivity index (χ4n) is 4.47. The van der Waals surface area contributed by atoms with Crippen molar-refractivity contribution in [1.82, 2.24) is 9.47 Å². The van der Waals surface area contributed by atoms with E-state index in [0.29, 0.717) is 25.8 Å². The number of benzene rings is 1. The summed E-state index contributed by atoms with van der Waals surface area (Å²) in [6.07, 6.45) is 4.29. The number of aryl methyl sites for hydroxylation is 1. The summed E-state index contributed by atoms with van der Waals surface area (Å²) in [7, 11) is 0. The van der Waals surface area contributed by atoms with E-state index in [-0.39, 0.29) is 17.3 Å². The van der Waals surface area contributed by atoms with E-state index in [9.17, 15) is 24.8 Å². The van der Waals surface area contributed by atoms with Crippen molar-refractivity contribution >= 4 is 41.1 Å². The maximum atomic E-state index is 13.1. The van der Waals surface area contributed by atoms with Crippen LogP contribution in [0.1, 0.15) is 25.3 Å². The highest BCUT2D eigenvalue weighted by molar-refractivity contribution is 8.05. The number of nitrogens with zero attached hydrogens (tertiary/aromatic N) is 3. The van der Waals surface area contributed by atoms with E-state index in [1.54, 1.807) is 12.1 Å². The van der Waals surface area contributed by atoms with Crippen LogP contribution in [0.4, 0.5) is 5.69 Å². The average Bonchev–Trinajstić information content (AvgIpc) is 3.37. The zero-order valence-corrected chi connectivity index (χ0v) is 19.1. The third kappa shape index (κ3) is 3.76. The van der Waals surface area contributed by atoms with Crippen LogP contribution >= 0.6 is 24.4 Å². The normalized spacial score (nSPS) is 23.2. The van der Waals surface area contributed by atoms with Crippen LogP contribution in [-0.4, -0.2) is 41.5 Å². The largest absolute Gasteiger partial charge is 0.392 e. The van der Waals surface area contributed by atoms with Gasteiger partial charge in [0.15, 0.2) is 0 Å². The lowest BCUT2D eigenvalue weighted by molar-refractivity contribution is -0.384. The summed E-state index contributed by atoms with van der Waals surface area (Å²) in [4.78, 5) is 37.5. The van der Waals surface area contributed by atoms with Crippen molar-refractivity contribution in [1.29, 1.82) is 0 Å². The van der Waals surface area contributed by atoms with Crippen LogP contribution in [0.25, 0.3) is 0 Å². The van der Waals surface area contributed by atoms with Gasteiger partial charge in [0, 0.05) is 42.4 Å². The Bertz CT molecular complexity index is 1080. The number of nitro benzene ring substituents is 1. The number of aliphatic hydroxyl groups excluding tert-OH is 1. The number of rotatable bonds is 9. The van der Waals surface area contributed by atoms with Gasteiger partial charge in [-0.05, 0) is 30.5 Å². The van der Waals surface area contributed by atoms with Gasteiger partial charge in [-0.1, -0.05) is 43.4 Å². The summed E-state index contributed by atoms with van der Waals surface area (Å²) in [6.45, 7) is 2.45. The molecule has 3 heterocycles. The molecule has 1 N–H and O–H groups in total. The number of amides is 1. The number of aliphatic hydroxyl groups is 1. The van der Waals surface area contributed by atoms with Gasteiger partial charge in [0.2, 0.25) is 11.0 Å². The second-order valence-corrected chi connectivity index (χ2v) is 9.73. The molecule has 0 saturated carbocycles. The molecule has 8 nitrogen and oxygen atoms in total. The predicted molar refractivity (Wildman–Crippen MR) is 124 cm³/mol. The van der Waals surface area contributed by atoms with Crippen molar-refractivity contribution in [3.8, 4) is 0 Å². The molecule has 0 aliphatic carbocycles. The number of carbonyl (C=O) groups excluding carboxylic acids is 2. The zero-order valence-electron chi connectivity index (χ0n) is 17.4. The summed E-state index contributed by atoms with van der Waals surface area (Å²) in [6, 6.07) is 10.00. The fourth-order valence-corrected chi connectivity index (χ4v) is 6.58. The number of nitro groups is 1. The van der Waals surface area contributed by atoms with Crippen molar-refractivity contribution in [3.63, 3.8) is 0 Å².